The third kappa shape index (κ3) is 3.50. The van der Waals surface area contributed by atoms with E-state index in [1.807, 2.05) is 33.2 Å². The highest BCUT2D eigenvalue weighted by molar-refractivity contribution is 14.0. The zero-order chi connectivity index (χ0) is 16.6. The van der Waals surface area contributed by atoms with Crippen LogP contribution in [0, 0.1) is 6.92 Å². The van der Waals surface area contributed by atoms with Crippen LogP contribution in [0.25, 0.3) is 20.2 Å². The Bertz CT molecular complexity index is 938. The van der Waals surface area contributed by atoms with Crippen molar-refractivity contribution in [3.63, 3.8) is 0 Å². The van der Waals surface area contributed by atoms with E-state index in [4.69, 9.17) is 0 Å². The third-order valence-electron chi connectivity index (χ3n) is 3.90. The molecule has 2 N–H and O–H groups in total. The molecule has 4 nitrogen and oxygen atoms in total. The number of likely N-dealkylation sites (N-methyl/N-ethyl adjacent to an activating group) is 1. The molecule has 1 heterocycles. The molecule has 6 heteroatoms. The molecule has 3 aromatic rings. The fourth-order valence-electron chi connectivity index (χ4n) is 2.65. The molecule has 3 rings (SSSR count). The molecule has 0 unspecified atom stereocenters. The van der Waals surface area contributed by atoms with Crippen molar-refractivity contribution < 1.29 is 5.11 Å². The van der Waals surface area contributed by atoms with E-state index >= 15 is 0 Å². The molecule has 0 amide bonds. The standard InChI is InChI=1S/C18H20N2O2S.HI/c1-11-7-8-13(19-9-10-20(2)3)15-16(22)12-5-4-6-14(21)18(12)23-17(11)15;/h4-8,19,21H,9-10H2,1-3H3;1H. The molecular formula is C18H21IN2O2S. The van der Waals surface area contributed by atoms with E-state index in [2.05, 4.69) is 10.2 Å². The Morgan fingerprint density at radius 2 is 1.92 bits per heavy atom. The first kappa shape index (κ1) is 19.0. The van der Waals surface area contributed by atoms with E-state index < -0.39 is 0 Å². The zero-order valence-electron chi connectivity index (χ0n) is 13.9. The monoisotopic (exact) mass is 456 g/mol. The second-order valence-corrected chi connectivity index (χ2v) is 6.97. The molecule has 24 heavy (non-hydrogen) atoms. The lowest BCUT2D eigenvalue weighted by Crippen LogP contribution is -2.21. The molecule has 0 spiro atoms. The molecule has 0 aliphatic heterocycles. The largest absolute Gasteiger partial charge is 0.506 e. The number of benzene rings is 2. The second kappa shape index (κ2) is 7.67. The average Bonchev–Trinajstić information content (AvgIpc) is 2.51. The maximum Gasteiger partial charge on any atom is 0.198 e. The van der Waals surface area contributed by atoms with Crippen molar-refractivity contribution in [3.05, 3.63) is 46.1 Å². The van der Waals surface area contributed by atoms with Crippen molar-refractivity contribution in [1.82, 2.24) is 4.90 Å². The molecule has 0 radical (unpaired) electrons. The number of rotatable bonds is 4. The van der Waals surface area contributed by atoms with Crippen LogP contribution in [0.2, 0.25) is 0 Å². The number of nitrogens with zero attached hydrogens (tertiary/aromatic N) is 1. The molecule has 0 aliphatic rings. The van der Waals surface area contributed by atoms with Crippen molar-refractivity contribution >= 4 is 61.2 Å². The summed E-state index contributed by atoms with van der Waals surface area (Å²) in [6, 6.07) is 9.10. The van der Waals surface area contributed by atoms with Gasteiger partial charge in [-0.15, -0.1) is 35.3 Å². The van der Waals surface area contributed by atoms with Gasteiger partial charge in [-0.3, -0.25) is 4.79 Å². The van der Waals surface area contributed by atoms with E-state index in [1.54, 1.807) is 18.2 Å². The summed E-state index contributed by atoms with van der Waals surface area (Å²) in [6.07, 6.45) is 0. The number of aryl methyl sites for hydroxylation is 1. The van der Waals surface area contributed by atoms with Gasteiger partial charge in [0.1, 0.15) is 5.75 Å². The minimum absolute atomic E-state index is 0. The molecule has 0 aliphatic carbocycles. The molecule has 0 fully saturated rings. The zero-order valence-corrected chi connectivity index (χ0v) is 17.1. The first-order valence-corrected chi connectivity index (χ1v) is 8.37. The van der Waals surface area contributed by atoms with Crippen LogP contribution in [-0.2, 0) is 0 Å². The molecule has 0 atom stereocenters. The number of phenolic OH excluding ortho intramolecular Hbond substituents is 1. The topological polar surface area (TPSA) is 52.6 Å². The van der Waals surface area contributed by atoms with E-state index in [-0.39, 0.29) is 35.2 Å². The van der Waals surface area contributed by atoms with Gasteiger partial charge in [0.15, 0.2) is 5.43 Å². The minimum atomic E-state index is -0.0271. The fourth-order valence-corrected chi connectivity index (χ4v) is 3.83. The Kier molecular flexibility index (Phi) is 6.06. The quantitative estimate of drug-likeness (QED) is 0.460. The van der Waals surface area contributed by atoms with Crippen LogP contribution in [0.15, 0.2) is 35.1 Å². The first-order valence-electron chi connectivity index (χ1n) is 7.55. The van der Waals surface area contributed by atoms with Crippen LogP contribution in [0.3, 0.4) is 0 Å². The maximum absolute atomic E-state index is 13.0. The number of halogens is 1. The van der Waals surface area contributed by atoms with Crippen molar-refractivity contribution in [2.24, 2.45) is 0 Å². The summed E-state index contributed by atoms with van der Waals surface area (Å²) in [7, 11) is 4.04. The number of hydrogen-bond donors (Lipinski definition) is 2. The van der Waals surface area contributed by atoms with Gasteiger partial charge in [0.05, 0.1) is 10.1 Å². The van der Waals surface area contributed by atoms with Gasteiger partial charge >= 0.3 is 0 Å². The number of phenols is 1. The highest BCUT2D eigenvalue weighted by atomic mass is 127. The number of nitrogens with one attached hydrogen (secondary N) is 1. The van der Waals surface area contributed by atoms with Crippen molar-refractivity contribution in [1.29, 1.82) is 0 Å². The summed E-state index contributed by atoms with van der Waals surface area (Å²) in [6.45, 7) is 3.66. The fraction of sp³-hybridized carbons (Fsp3) is 0.278. The van der Waals surface area contributed by atoms with Gasteiger partial charge in [-0.25, -0.2) is 0 Å². The van der Waals surface area contributed by atoms with Crippen molar-refractivity contribution in [2.75, 3.05) is 32.5 Å². The minimum Gasteiger partial charge on any atom is -0.506 e. The molecule has 0 bridgehead atoms. The van der Waals surface area contributed by atoms with Gasteiger partial charge in [0, 0.05) is 28.9 Å². The normalized spacial score (nSPS) is 11.0. The lowest BCUT2D eigenvalue weighted by Gasteiger charge is -2.14. The predicted molar refractivity (Wildman–Crippen MR) is 114 cm³/mol. The van der Waals surface area contributed by atoms with Gasteiger partial charge in [0.25, 0.3) is 0 Å². The van der Waals surface area contributed by atoms with Gasteiger partial charge in [0.2, 0.25) is 0 Å². The number of hydrogen-bond acceptors (Lipinski definition) is 5. The summed E-state index contributed by atoms with van der Waals surface area (Å²) in [5.41, 5.74) is 1.88. The molecular weight excluding hydrogens is 435 g/mol. The van der Waals surface area contributed by atoms with Crippen molar-refractivity contribution in [3.8, 4) is 5.75 Å². The van der Waals surface area contributed by atoms with Crippen LogP contribution in [0.5, 0.6) is 5.75 Å². The Morgan fingerprint density at radius 1 is 1.17 bits per heavy atom. The maximum atomic E-state index is 13.0. The van der Waals surface area contributed by atoms with Crippen LogP contribution in [0.1, 0.15) is 5.56 Å². The van der Waals surface area contributed by atoms with Crippen LogP contribution in [0.4, 0.5) is 5.69 Å². The van der Waals surface area contributed by atoms with Crippen LogP contribution < -0.4 is 10.7 Å². The number of anilines is 1. The van der Waals surface area contributed by atoms with Gasteiger partial charge in [-0.05, 0) is 44.8 Å². The third-order valence-corrected chi connectivity index (χ3v) is 5.26. The summed E-state index contributed by atoms with van der Waals surface area (Å²) < 4.78 is 1.58. The lowest BCUT2D eigenvalue weighted by atomic mass is 10.1. The summed E-state index contributed by atoms with van der Waals surface area (Å²) in [4.78, 5) is 15.1. The summed E-state index contributed by atoms with van der Waals surface area (Å²) in [5, 5.41) is 14.7. The summed E-state index contributed by atoms with van der Waals surface area (Å²) >= 11 is 1.47. The molecule has 0 saturated carbocycles. The smallest absolute Gasteiger partial charge is 0.198 e. The highest BCUT2D eigenvalue weighted by Gasteiger charge is 2.13. The second-order valence-electron chi connectivity index (χ2n) is 5.95. The Morgan fingerprint density at radius 3 is 2.62 bits per heavy atom. The van der Waals surface area contributed by atoms with E-state index in [1.165, 1.54) is 11.3 Å². The number of fused-ring (bicyclic) bond motifs is 2. The average molecular weight is 456 g/mol. The van der Waals surface area contributed by atoms with Gasteiger partial charge in [-0.1, -0.05) is 12.1 Å². The predicted octanol–water partition coefficient (Wildman–Crippen LogP) is 4.02. The van der Waals surface area contributed by atoms with E-state index in [0.717, 1.165) is 29.0 Å². The molecule has 0 saturated heterocycles. The molecule has 128 valence electrons. The number of aromatic hydroxyl groups is 1. The highest BCUT2D eigenvalue weighted by Crippen LogP contribution is 2.35. The lowest BCUT2D eigenvalue weighted by molar-refractivity contribution is 0.425. The van der Waals surface area contributed by atoms with E-state index in [0.29, 0.717) is 15.5 Å². The van der Waals surface area contributed by atoms with Gasteiger partial charge < -0.3 is 15.3 Å². The Hall–Kier alpha value is -1.38. The van der Waals surface area contributed by atoms with Crippen molar-refractivity contribution in [2.45, 2.75) is 6.92 Å². The Labute approximate surface area is 162 Å². The summed E-state index contributed by atoms with van der Waals surface area (Å²) in [5.74, 6) is 0.164. The van der Waals surface area contributed by atoms with Gasteiger partial charge in [-0.2, -0.15) is 0 Å². The SMILES string of the molecule is Cc1ccc(NCCN(C)C)c2c(=O)c3cccc(O)c3sc12.I. The first-order chi connectivity index (χ1) is 11.0. The van der Waals surface area contributed by atoms with Crippen LogP contribution >= 0.6 is 35.3 Å². The van der Waals surface area contributed by atoms with E-state index in [9.17, 15) is 9.90 Å². The Balaban J connectivity index is 0.00000208. The van der Waals surface area contributed by atoms with Crippen LogP contribution in [-0.4, -0.2) is 37.2 Å². The molecule has 2 aromatic carbocycles. The molecule has 1 aromatic heterocycles.